The van der Waals surface area contributed by atoms with Crippen molar-refractivity contribution in [2.24, 2.45) is 0 Å². The molecule has 3 nitrogen and oxygen atoms in total. The van der Waals surface area contributed by atoms with Gasteiger partial charge in [0.2, 0.25) is 0 Å². The summed E-state index contributed by atoms with van der Waals surface area (Å²) in [6.07, 6.45) is 8.64. The average Bonchev–Trinajstić information content (AvgIpc) is 2.21. The van der Waals surface area contributed by atoms with Gasteiger partial charge in [-0.3, -0.25) is 0 Å². The van der Waals surface area contributed by atoms with Crippen molar-refractivity contribution in [2.45, 2.75) is 44.9 Å². The van der Waals surface area contributed by atoms with Gasteiger partial charge in [0.15, 0.2) is 0 Å². The molecule has 1 N–H and O–H groups in total. The summed E-state index contributed by atoms with van der Waals surface area (Å²) in [6.45, 7) is 1.45. The quantitative estimate of drug-likeness (QED) is 0.414. The van der Waals surface area contributed by atoms with Crippen LogP contribution in [0.1, 0.15) is 44.9 Å². The summed E-state index contributed by atoms with van der Waals surface area (Å²) < 4.78 is 9.81. The monoisotopic (exact) mass is 204 g/mol. The van der Waals surface area contributed by atoms with Crippen molar-refractivity contribution in [1.29, 1.82) is 0 Å². The molecule has 0 aliphatic heterocycles. The van der Waals surface area contributed by atoms with Crippen LogP contribution in [0, 0.1) is 0 Å². The standard InChI is InChI=1S/C11H24O3/c1-13-9-7-5-3-2-4-6-8-10-14-11-12/h12H,2-11H2,1H3. The zero-order chi connectivity index (χ0) is 10.5. The normalized spacial score (nSPS) is 10.7. The first-order chi connectivity index (χ1) is 6.91. The van der Waals surface area contributed by atoms with Gasteiger partial charge in [-0.15, -0.1) is 0 Å². The first-order valence-electron chi connectivity index (χ1n) is 5.59. The number of hydrogen-bond acceptors (Lipinski definition) is 3. The van der Waals surface area contributed by atoms with E-state index < -0.39 is 0 Å². The zero-order valence-corrected chi connectivity index (χ0v) is 9.33. The van der Waals surface area contributed by atoms with E-state index in [-0.39, 0.29) is 6.79 Å². The van der Waals surface area contributed by atoms with E-state index >= 15 is 0 Å². The van der Waals surface area contributed by atoms with Gasteiger partial charge in [0, 0.05) is 20.3 Å². The minimum atomic E-state index is -0.142. The van der Waals surface area contributed by atoms with Crippen LogP contribution < -0.4 is 0 Å². The molecule has 0 aromatic heterocycles. The number of rotatable bonds is 11. The Balaban J connectivity index is 2.78. The minimum absolute atomic E-state index is 0.142. The van der Waals surface area contributed by atoms with Crippen LogP contribution in [0.4, 0.5) is 0 Å². The smallest absolute Gasteiger partial charge is 0.143 e. The van der Waals surface area contributed by atoms with Gasteiger partial charge in [-0.05, 0) is 12.8 Å². The SMILES string of the molecule is COCCCCCCCCCOCO. The second-order valence-corrected chi connectivity index (χ2v) is 3.51. The Morgan fingerprint density at radius 3 is 1.79 bits per heavy atom. The van der Waals surface area contributed by atoms with Crippen LogP contribution in [0.2, 0.25) is 0 Å². The Labute approximate surface area is 87.4 Å². The topological polar surface area (TPSA) is 38.7 Å². The molecule has 0 saturated heterocycles. The van der Waals surface area contributed by atoms with Gasteiger partial charge in [0.05, 0.1) is 0 Å². The number of hydrogen-bond donors (Lipinski definition) is 1. The lowest BCUT2D eigenvalue weighted by molar-refractivity contribution is -0.00284. The van der Waals surface area contributed by atoms with Crippen molar-refractivity contribution in [3.63, 3.8) is 0 Å². The first-order valence-corrected chi connectivity index (χ1v) is 5.59. The third-order valence-corrected chi connectivity index (χ3v) is 2.23. The van der Waals surface area contributed by atoms with Crippen molar-refractivity contribution in [2.75, 3.05) is 27.1 Å². The molecule has 0 rings (SSSR count). The van der Waals surface area contributed by atoms with E-state index in [9.17, 15) is 0 Å². The number of methoxy groups -OCH3 is 1. The summed E-state index contributed by atoms with van der Waals surface area (Å²) in [6, 6.07) is 0. The molecular weight excluding hydrogens is 180 g/mol. The summed E-state index contributed by atoms with van der Waals surface area (Å²) in [5, 5.41) is 8.36. The second-order valence-electron chi connectivity index (χ2n) is 3.51. The van der Waals surface area contributed by atoms with Gasteiger partial charge in [-0.2, -0.15) is 0 Å². The fourth-order valence-electron chi connectivity index (χ4n) is 1.40. The summed E-state index contributed by atoms with van der Waals surface area (Å²) >= 11 is 0. The fourth-order valence-corrected chi connectivity index (χ4v) is 1.40. The molecule has 86 valence electrons. The van der Waals surface area contributed by atoms with Crippen LogP contribution in [-0.2, 0) is 9.47 Å². The molecule has 0 radical (unpaired) electrons. The van der Waals surface area contributed by atoms with E-state index in [2.05, 4.69) is 0 Å². The number of aliphatic hydroxyl groups is 1. The highest BCUT2D eigenvalue weighted by molar-refractivity contribution is 4.45. The van der Waals surface area contributed by atoms with Crippen molar-refractivity contribution in [3.8, 4) is 0 Å². The lowest BCUT2D eigenvalue weighted by Gasteiger charge is -2.02. The van der Waals surface area contributed by atoms with Crippen LogP contribution in [0.15, 0.2) is 0 Å². The van der Waals surface area contributed by atoms with E-state index in [1.807, 2.05) is 0 Å². The van der Waals surface area contributed by atoms with Crippen molar-refractivity contribution < 1.29 is 14.6 Å². The highest BCUT2D eigenvalue weighted by Gasteiger charge is 1.91. The molecule has 0 aromatic rings. The maximum Gasteiger partial charge on any atom is 0.143 e. The Kier molecular flexibility index (Phi) is 12.8. The summed E-state index contributed by atoms with van der Waals surface area (Å²) in [7, 11) is 1.75. The zero-order valence-electron chi connectivity index (χ0n) is 9.33. The largest absolute Gasteiger partial charge is 0.385 e. The van der Waals surface area contributed by atoms with Crippen molar-refractivity contribution in [1.82, 2.24) is 0 Å². The third-order valence-electron chi connectivity index (χ3n) is 2.23. The third kappa shape index (κ3) is 11.9. The Bertz CT molecular complexity index is 84.5. The van der Waals surface area contributed by atoms with Gasteiger partial charge < -0.3 is 14.6 Å². The average molecular weight is 204 g/mol. The molecule has 0 aliphatic carbocycles. The van der Waals surface area contributed by atoms with Crippen LogP contribution in [0.5, 0.6) is 0 Å². The molecule has 0 aromatic carbocycles. The second kappa shape index (κ2) is 12.9. The van der Waals surface area contributed by atoms with E-state index in [0.717, 1.165) is 13.0 Å². The molecule has 0 heterocycles. The molecule has 0 saturated carbocycles. The molecule has 0 amide bonds. The summed E-state index contributed by atoms with van der Waals surface area (Å²) in [5.41, 5.74) is 0. The number of ether oxygens (including phenoxy) is 2. The van der Waals surface area contributed by atoms with Gasteiger partial charge in [0.25, 0.3) is 0 Å². The van der Waals surface area contributed by atoms with Crippen LogP contribution in [0.25, 0.3) is 0 Å². The van der Waals surface area contributed by atoms with Gasteiger partial charge in [-0.25, -0.2) is 0 Å². The molecule has 0 unspecified atom stereocenters. The number of aliphatic hydroxyl groups excluding tert-OH is 1. The predicted octanol–water partition coefficient (Wildman–Crippen LogP) is 2.33. The Hall–Kier alpha value is -0.120. The molecular formula is C11H24O3. The predicted molar refractivity (Wildman–Crippen MR) is 57.2 cm³/mol. The van der Waals surface area contributed by atoms with Crippen LogP contribution in [0.3, 0.4) is 0 Å². The highest BCUT2D eigenvalue weighted by atomic mass is 16.6. The van der Waals surface area contributed by atoms with E-state index in [0.29, 0.717) is 6.61 Å². The molecule has 0 atom stereocenters. The van der Waals surface area contributed by atoms with E-state index in [1.165, 1.54) is 38.5 Å². The fraction of sp³-hybridized carbons (Fsp3) is 1.00. The molecule has 0 spiro atoms. The Morgan fingerprint density at radius 1 is 0.786 bits per heavy atom. The maximum atomic E-state index is 8.36. The van der Waals surface area contributed by atoms with Gasteiger partial charge >= 0.3 is 0 Å². The van der Waals surface area contributed by atoms with Crippen molar-refractivity contribution >= 4 is 0 Å². The van der Waals surface area contributed by atoms with Gasteiger partial charge in [-0.1, -0.05) is 32.1 Å². The molecule has 0 aliphatic rings. The molecule has 3 heteroatoms. The Morgan fingerprint density at radius 2 is 1.29 bits per heavy atom. The summed E-state index contributed by atoms with van der Waals surface area (Å²) in [5.74, 6) is 0. The maximum absolute atomic E-state index is 8.36. The minimum Gasteiger partial charge on any atom is -0.385 e. The lowest BCUT2D eigenvalue weighted by atomic mass is 10.1. The summed E-state index contributed by atoms with van der Waals surface area (Å²) in [4.78, 5) is 0. The van der Waals surface area contributed by atoms with E-state index in [4.69, 9.17) is 14.6 Å². The van der Waals surface area contributed by atoms with Crippen LogP contribution in [-0.4, -0.2) is 32.2 Å². The highest BCUT2D eigenvalue weighted by Crippen LogP contribution is 2.07. The van der Waals surface area contributed by atoms with E-state index in [1.54, 1.807) is 7.11 Å². The molecule has 0 fully saturated rings. The number of unbranched alkanes of at least 4 members (excludes halogenated alkanes) is 6. The lowest BCUT2D eigenvalue weighted by Crippen LogP contribution is -1.95. The molecule has 0 bridgehead atoms. The van der Waals surface area contributed by atoms with Crippen molar-refractivity contribution in [3.05, 3.63) is 0 Å². The van der Waals surface area contributed by atoms with Gasteiger partial charge in [0.1, 0.15) is 6.79 Å². The molecule has 14 heavy (non-hydrogen) atoms. The van der Waals surface area contributed by atoms with Crippen LogP contribution >= 0.6 is 0 Å². The first kappa shape index (κ1) is 13.9.